The molecule has 498 valence electrons. The highest BCUT2D eigenvalue weighted by Gasteiger charge is 2.04. The third-order valence-electron chi connectivity index (χ3n) is 15.6. The maximum absolute atomic E-state index is 2.36. The van der Waals surface area contributed by atoms with Crippen LogP contribution in [0.3, 0.4) is 0 Å². The van der Waals surface area contributed by atoms with Gasteiger partial charge in [-0.25, -0.2) is 0 Å². The molecule has 0 unspecified atom stereocenters. The summed E-state index contributed by atoms with van der Waals surface area (Å²) in [5, 5.41) is 0. The van der Waals surface area contributed by atoms with E-state index in [0.29, 0.717) is 0 Å². The van der Waals surface area contributed by atoms with E-state index in [9.17, 15) is 0 Å². The molecule has 0 rings (SSSR count). The number of hydrogen-bond acceptors (Lipinski definition) is 0. The molecule has 0 spiro atoms. The summed E-state index contributed by atoms with van der Waals surface area (Å²) in [5.74, 6) is 7.16. The molecule has 0 amide bonds. The second kappa shape index (κ2) is 86.2. The van der Waals surface area contributed by atoms with Gasteiger partial charge < -0.3 is 0 Å². The van der Waals surface area contributed by atoms with Crippen molar-refractivity contribution in [3.63, 3.8) is 0 Å². The van der Waals surface area contributed by atoms with Crippen molar-refractivity contribution in [3.05, 3.63) is 11.6 Å². The zero-order valence-corrected chi connectivity index (χ0v) is 62.6. The summed E-state index contributed by atoms with van der Waals surface area (Å²) < 4.78 is 0. The average molecular weight is 1150 g/mol. The molecule has 0 bridgehead atoms. The molecular formula is C81H174. The molecule has 0 heterocycles. The van der Waals surface area contributed by atoms with E-state index in [2.05, 4.69) is 165 Å². The van der Waals surface area contributed by atoms with E-state index in [1.807, 2.05) is 0 Å². The van der Waals surface area contributed by atoms with Crippen molar-refractivity contribution < 1.29 is 0 Å². The highest BCUT2D eigenvalue weighted by Crippen LogP contribution is 2.18. The standard InChI is InChI=1S/C14H30.C13H28.C12H24.C12H26.C11H24.C10H22.C9H20/c1-4-5-6-7-8-9-10-11-12-13-14(2)3;1-4-5-6-7-8-9-10-11-12-13(2)3;1-10(2)7-6-8-12(5)9-11(3)4;1-4-5-6-7-8-9-10-11-12(2)3;1-4-5-6-7-8-9-10-11(2)3;1-4-5-6-7-8-9-10(2)3;1-4-5-6-7-8-9(2)3/h14H,4-13H2,1-3H3;13H,4-12H2,1-3H3;7,11-12H,6,8-9H2,1-5H3;12H,4-11H2,1-3H3;11H,4-10H2,1-3H3;10H,4-9H2,1-3H3;9H,4-8H2,1-3H3/t;;12-;;;;/m..0..../s1. The Bertz CT molecular complexity index is 988. The lowest BCUT2D eigenvalue weighted by atomic mass is 9.94. The van der Waals surface area contributed by atoms with Crippen LogP contribution in [0.1, 0.15) is 467 Å². The minimum Gasteiger partial charge on any atom is -0.0859 e. The van der Waals surface area contributed by atoms with E-state index in [4.69, 9.17) is 0 Å². The van der Waals surface area contributed by atoms with E-state index < -0.39 is 0 Å². The highest BCUT2D eigenvalue weighted by molar-refractivity contribution is 4.92. The molecule has 0 aromatic heterocycles. The number of unbranched alkanes of at least 4 members (excludes halogenated alkanes) is 33. The van der Waals surface area contributed by atoms with E-state index >= 15 is 0 Å². The molecule has 0 aromatic rings. The number of rotatable bonds is 50. The molecule has 1 atom stereocenters. The lowest BCUT2D eigenvalue weighted by Gasteiger charge is -2.12. The lowest BCUT2D eigenvalue weighted by molar-refractivity contribution is 0.417. The van der Waals surface area contributed by atoms with Crippen molar-refractivity contribution in [2.45, 2.75) is 467 Å². The summed E-state index contributed by atoms with van der Waals surface area (Å²) in [4.78, 5) is 0. The van der Waals surface area contributed by atoms with E-state index in [1.54, 1.807) is 0 Å². The molecule has 81 heavy (non-hydrogen) atoms. The zero-order chi connectivity index (χ0) is 62.8. The molecule has 0 heteroatoms. The Morgan fingerprint density at radius 2 is 0.370 bits per heavy atom. The average Bonchev–Trinajstić information content (AvgIpc) is 3.39. The number of allylic oxidation sites excluding steroid dienone is 2. The van der Waals surface area contributed by atoms with Crippen molar-refractivity contribution >= 4 is 0 Å². The van der Waals surface area contributed by atoms with Gasteiger partial charge in [0.1, 0.15) is 0 Å². The summed E-state index contributed by atoms with van der Waals surface area (Å²) >= 11 is 0. The topological polar surface area (TPSA) is 0 Å². The Labute approximate surface area is 523 Å². The summed E-state index contributed by atoms with van der Waals surface area (Å²) in [5.41, 5.74) is 1.45. The largest absolute Gasteiger partial charge is 0.0859 e. The van der Waals surface area contributed by atoms with Crippen LogP contribution in [0.5, 0.6) is 0 Å². The molecule has 0 fully saturated rings. The van der Waals surface area contributed by atoms with Crippen LogP contribution < -0.4 is 0 Å². The van der Waals surface area contributed by atoms with Gasteiger partial charge in [-0.15, -0.1) is 0 Å². The van der Waals surface area contributed by atoms with Gasteiger partial charge in [-0.05, 0) is 80.5 Å². The van der Waals surface area contributed by atoms with Crippen molar-refractivity contribution in [2.75, 3.05) is 0 Å². The van der Waals surface area contributed by atoms with Crippen LogP contribution >= 0.6 is 0 Å². The summed E-state index contributed by atoms with van der Waals surface area (Å²) in [6.45, 7) is 52.7. The Morgan fingerprint density at radius 3 is 0.519 bits per heavy atom. The Hall–Kier alpha value is -0.260. The second-order valence-electron chi connectivity index (χ2n) is 29.4. The Morgan fingerprint density at radius 1 is 0.210 bits per heavy atom. The smallest absolute Gasteiger partial charge is 0.0346 e. The maximum atomic E-state index is 2.36. The molecule has 0 aliphatic heterocycles. The molecule has 0 aliphatic carbocycles. The SMILES string of the molecule is CC(C)=CCC[C@H](C)CC(C)C.CCCCCCC(C)C.CCCCCCCC(C)C.CCCCCCCCC(C)C.CCCCCCCCCC(C)C.CCCCCCCCCCC(C)C.CCCCCCCCCCCC(C)C. The first-order valence-corrected chi connectivity index (χ1v) is 38.3. The van der Waals surface area contributed by atoms with Gasteiger partial charge >= 0.3 is 0 Å². The maximum Gasteiger partial charge on any atom is -0.0346 e. The monoisotopic (exact) mass is 1150 g/mol. The van der Waals surface area contributed by atoms with Crippen LogP contribution in [0.15, 0.2) is 11.6 Å². The van der Waals surface area contributed by atoms with Crippen LogP contribution in [0.25, 0.3) is 0 Å². The van der Waals surface area contributed by atoms with Gasteiger partial charge in [0.25, 0.3) is 0 Å². The zero-order valence-electron chi connectivity index (χ0n) is 62.6. The summed E-state index contributed by atoms with van der Waals surface area (Å²) in [6.07, 6.45) is 71.0. The predicted octanol–water partition coefficient (Wildman–Crippen LogP) is 31.9. The molecule has 0 aromatic carbocycles. The molecule has 0 saturated carbocycles. The fourth-order valence-corrected chi connectivity index (χ4v) is 10.1. The Kier molecular flexibility index (Phi) is 100. The third kappa shape index (κ3) is 131. The molecule has 0 N–H and O–H groups in total. The summed E-state index contributed by atoms with van der Waals surface area (Å²) in [7, 11) is 0. The molecular weight excluding hydrogens is 973 g/mol. The first-order valence-electron chi connectivity index (χ1n) is 38.3. The normalized spacial score (nSPS) is 11.3. The molecule has 0 aliphatic rings. The van der Waals surface area contributed by atoms with Gasteiger partial charge in [0.05, 0.1) is 0 Å². The first kappa shape index (κ1) is 94.4. The second-order valence-corrected chi connectivity index (χ2v) is 29.4. The van der Waals surface area contributed by atoms with Crippen LogP contribution in [-0.4, -0.2) is 0 Å². The number of hydrogen-bond donors (Lipinski definition) is 0. The lowest BCUT2D eigenvalue weighted by Crippen LogP contribution is -1.99. The van der Waals surface area contributed by atoms with E-state index in [-0.39, 0.29) is 0 Å². The highest BCUT2D eigenvalue weighted by atomic mass is 14.1. The van der Waals surface area contributed by atoms with Crippen molar-refractivity contribution in [1.29, 1.82) is 0 Å². The molecule has 0 nitrogen and oxygen atoms in total. The molecule has 0 saturated heterocycles. The van der Waals surface area contributed by atoms with Gasteiger partial charge in [0, 0.05) is 0 Å². The fraction of sp³-hybridized carbons (Fsp3) is 0.975. The minimum atomic E-state index is 0.853. The van der Waals surface area contributed by atoms with Crippen LogP contribution in [0.4, 0.5) is 0 Å². The van der Waals surface area contributed by atoms with Crippen LogP contribution in [-0.2, 0) is 0 Å². The van der Waals surface area contributed by atoms with Crippen molar-refractivity contribution in [2.24, 2.45) is 47.3 Å². The van der Waals surface area contributed by atoms with Gasteiger partial charge in [0.2, 0.25) is 0 Å². The van der Waals surface area contributed by atoms with Gasteiger partial charge in [0.15, 0.2) is 0 Å². The van der Waals surface area contributed by atoms with Crippen LogP contribution in [0, 0.1) is 47.3 Å². The quantitative estimate of drug-likeness (QED) is 0.0421. The van der Waals surface area contributed by atoms with Gasteiger partial charge in [-0.1, -0.05) is 446 Å². The predicted molar refractivity (Wildman–Crippen MR) is 388 cm³/mol. The Balaban J connectivity index is -0.000000158. The van der Waals surface area contributed by atoms with Gasteiger partial charge in [-0.2, -0.15) is 0 Å². The first-order chi connectivity index (χ1) is 38.6. The van der Waals surface area contributed by atoms with E-state index in [0.717, 1.165) is 47.3 Å². The van der Waals surface area contributed by atoms with Gasteiger partial charge in [-0.3, -0.25) is 0 Å². The van der Waals surface area contributed by atoms with Crippen molar-refractivity contribution in [1.82, 2.24) is 0 Å². The summed E-state index contributed by atoms with van der Waals surface area (Å²) in [6, 6.07) is 0. The third-order valence-corrected chi connectivity index (χ3v) is 15.6. The van der Waals surface area contributed by atoms with Crippen LogP contribution in [0.2, 0.25) is 0 Å². The van der Waals surface area contributed by atoms with E-state index in [1.165, 1.54) is 314 Å². The molecule has 0 radical (unpaired) electrons. The fourth-order valence-electron chi connectivity index (χ4n) is 10.1. The van der Waals surface area contributed by atoms with Crippen molar-refractivity contribution in [3.8, 4) is 0 Å². The minimum absolute atomic E-state index is 0.853.